The van der Waals surface area contributed by atoms with Gasteiger partial charge in [-0.05, 0) is 24.5 Å². The average molecular weight is 203 g/mol. The molecule has 1 aliphatic rings. The van der Waals surface area contributed by atoms with Crippen molar-refractivity contribution >= 4 is 11.0 Å². The molecule has 1 atom stereocenters. The maximum Gasteiger partial charge on any atom is 0.326 e. The fraction of sp³-hybridized carbons (Fsp3) is 0.364. The molecule has 4 nitrogen and oxygen atoms in total. The summed E-state index contributed by atoms with van der Waals surface area (Å²) < 4.78 is 1.80. The van der Waals surface area contributed by atoms with Gasteiger partial charge in [-0.15, -0.1) is 0 Å². The largest absolute Gasteiger partial charge is 0.327 e. The molecular weight excluding hydrogens is 190 g/mol. The number of aromatic amines is 1. The molecule has 0 spiro atoms. The summed E-state index contributed by atoms with van der Waals surface area (Å²) in [6.07, 6.45) is 1.72. The molecule has 1 aliphatic heterocycles. The minimum atomic E-state index is -0.0217. The summed E-state index contributed by atoms with van der Waals surface area (Å²) >= 11 is 0. The van der Waals surface area contributed by atoms with E-state index >= 15 is 0 Å². The van der Waals surface area contributed by atoms with Crippen LogP contribution in [0.25, 0.3) is 11.0 Å². The smallest absolute Gasteiger partial charge is 0.326 e. The molecule has 3 N–H and O–H groups in total. The van der Waals surface area contributed by atoms with Crippen molar-refractivity contribution in [3.05, 3.63) is 34.2 Å². The molecule has 3 rings (SSSR count). The number of aryl methyl sites for hydroxylation is 1. The number of hydrogen-bond donors (Lipinski definition) is 2. The zero-order chi connectivity index (χ0) is 10.4. The molecule has 0 radical (unpaired) electrons. The van der Waals surface area contributed by atoms with E-state index in [4.69, 9.17) is 5.73 Å². The van der Waals surface area contributed by atoms with Crippen molar-refractivity contribution in [2.75, 3.05) is 0 Å². The second-order valence-corrected chi connectivity index (χ2v) is 4.15. The highest BCUT2D eigenvalue weighted by Gasteiger charge is 2.17. The van der Waals surface area contributed by atoms with E-state index in [0.717, 1.165) is 30.4 Å². The SMILES string of the molecule is N[C@@H]1CCn2c(=O)[nH]c3cccc(c32)C1. The molecule has 0 saturated heterocycles. The average Bonchev–Trinajstić information content (AvgIpc) is 2.40. The second-order valence-electron chi connectivity index (χ2n) is 4.15. The Morgan fingerprint density at radius 3 is 3.20 bits per heavy atom. The quantitative estimate of drug-likeness (QED) is 0.658. The van der Waals surface area contributed by atoms with Crippen molar-refractivity contribution in [2.45, 2.75) is 25.4 Å². The summed E-state index contributed by atoms with van der Waals surface area (Å²) in [5.74, 6) is 0. The van der Waals surface area contributed by atoms with E-state index in [9.17, 15) is 4.79 Å². The Morgan fingerprint density at radius 1 is 1.47 bits per heavy atom. The second kappa shape index (κ2) is 2.97. The van der Waals surface area contributed by atoms with Crippen LogP contribution in [0.3, 0.4) is 0 Å². The summed E-state index contributed by atoms with van der Waals surface area (Å²) in [6, 6.07) is 6.12. The van der Waals surface area contributed by atoms with Gasteiger partial charge in [0.1, 0.15) is 0 Å². The van der Waals surface area contributed by atoms with Gasteiger partial charge in [0.25, 0.3) is 0 Å². The molecule has 4 heteroatoms. The van der Waals surface area contributed by atoms with Gasteiger partial charge in [-0.25, -0.2) is 4.79 Å². The minimum absolute atomic E-state index is 0.0217. The van der Waals surface area contributed by atoms with E-state index in [2.05, 4.69) is 11.1 Å². The van der Waals surface area contributed by atoms with E-state index in [-0.39, 0.29) is 11.7 Å². The molecule has 0 fully saturated rings. The van der Waals surface area contributed by atoms with E-state index in [1.807, 2.05) is 12.1 Å². The number of benzene rings is 1. The number of imidazole rings is 1. The van der Waals surface area contributed by atoms with Gasteiger partial charge >= 0.3 is 5.69 Å². The summed E-state index contributed by atoms with van der Waals surface area (Å²) in [6.45, 7) is 0.719. The molecule has 0 bridgehead atoms. The van der Waals surface area contributed by atoms with Crippen LogP contribution in [0.4, 0.5) is 0 Å². The van der Waals surface area contributed by atoms with Crippen molar-refractivity contribution in [1.82, 2.24) is 9.55 Å². The van der Waals surface area contributed by atoms with Gasteiger partial charge < -0.3 is 10.7 Å². The van der Waals surface area contributed by atoms with Crippen molar-refractivity contribution < 1.29 is 0 Å². The van der Waals surface area contributed by atoms with E-state index in [0.29, 0.717) is 0 Å². The lowest BCUT2D eigenvalue weighted by Crippen LogP contribution is -2.24. The number of nitrogens with two attached hydrogens (primary N) is 1. The van der Waals surface area contributed by atoms with Crippen LogP contribution in [0.15, 0.2) is 23.0 Å². The third-order valence-corrected chi connectivity index (χ3v) is 3.08. The van der Waals surface area contributed by atoms with Crippen LogP contribution in [0.2, 0.25) is 0 Å². The zero-order valence-electron chi connectivity index (χ0n) is 8.36. The highest BCUT2D eigenvalue weighted by Crippen LogP contribution is 2.21. The Bertz CT molecular complexity index is 567. The molecule has 0 saturated carbocycles. The third-order valence-electron chi connectivity index (χ3n) is 3.08. The lowest BCUT2D eigenvalue weighted by molar-refractivity contribution is 0.556. The standard InChI is InChI=1S/C11H13N3O/c12-8-4-5-14-10-7(6-8)2-1-3-9(10)13-11(14)15/h1-3,8H,4-6,12H2,(H,13,15)/t8-/m1/s1. The zero-order valence-corrected chi connectivity index (χ0v) is 8.36. The van der Waals surface area contributed by atoms with Crippen molar-refractivity contribution in [2.24, 2.45) is 5.73 Å². The molecule has 15 heavy (non-hydrogen) atoms. The Labute approximate surface area is 86.7 Å². The topological polar surface area (TPSA) is 63.8 Å². The van der Waals surface area contributed by atoms with Crippen LogP contribution in [-0.2, 0) is 13.0 Å². The number of rotatable bonds is 0. The van der Waals surface area contributed by atoms with Crippen molar-refractivity contribution in [3.63, 3.8) is 0 Å². The molecule has 0 amide bonds. The molecule has 2 aromatic rings. The lowest BCUT2D eigenvalue weighted by atomic mass is 10.0. The molecule has 78 valence electrons. The highest BCUT2D eigenvalue weighted by molar-refractivity contribution is 5.79. The van der Waals surface area contributed by atoms with Crippen LogP contribution < -0.4 is 11.4 Å². The van der Waals surface area contributed by atoms with E-state index < -0.39 is 0 Å². The van der Waals surface area contributed by atoms with Gasteiger partial charge in [-0.1, -0.05) is 12.1 Å². The number of aromatic nitrogens is 2. The number of hydrogen-bond acceptors (Lipinski definition) is 2. The van der Waals surface area contributed by atoms with E-state index in [1.165, 1.54) is 5.56 Å². The number of para-hydroxylation sites is 1. The van der Waals surface area contributed by atoms with Gasteiger partial charge in [0.2, 0.25) is 0 Å². The number of nitrogens with zero attached hydrogens (tertiary/aromatic N) is 1. The molecule has 1 aromatic heterocycles. The number of H-pyrrole nitrogens is 1. The Balaban J connectivity index is 2.39. The van der Waals surface area contributed by atoms with Crippen LogP contribution in [0.5, 0.6) is 0 Å². The fourth-order valence-electron chi connectivity index (χ4n) is 2.35. The maximum absolute atomic E-state index is 11.7. The Kier molecular flexibility index (Phi) is 1.73. The van der Waals surface area contributed by atoms with Crippen LogP contribution in [0, 0.1) is 0 Å². The van der Waals surface area contributed by atoms with Gasteiger partial charge in [-0.2, -0.15) is 0 Å². The monoisotopic (exact) mass is 203 g/mol. The molecule has 1 aromatic carbocycles. The molecule has 2 heterocycles. The molecule has 0 unspecified atom stereocenters. The van der Waals surface area contributed by atoms with Gasteiger partial charge in [0.15, 0.2) is 0 Å². The third kappa shape index (κ3) is 1.22. The first-order valence-electron chi connectivity index (χ1n) is 5.21. The van der Waals surface area contributed by atoms with Crippen molar-refractivity contribution in [3.8, 4) is 0 Å². The molecule has 0 aliphatic carbocycles. The first-order valence-corrected chi connectivity index (χ1v) is 5.21. The van der Waals surface area contributed by atoms with E-state index in [1.54, 1.807) is 4.57 Å². The van der Waals surface area contributed by atoms with Gasteiger partial charge in [0.05, 0.1) is 11.0 Å². The predicted molar refractivity (Wildman–Crippen MR) is 58.9 cm³/mol. The van der Waals surface area contributed by atoms with Crippen LogP contribution >= 0.6 is 0 Å². The van der Waals surface area contributed by atoms with Gasteiger partial charge in [0, 0.05) is 12.6 Å². The Morgan fingerprint density at radius 2 is 2.33 bits per heavy atom. The van der Waals surface area contributed by atoms with Gasteiger partial charge in [-0.3, -0.25) is 4.57 Å². The Hall–Kier alpha value is -1.55. The molecular formula is C11H13N3O. The van der Waals surface area contributed by atoms with Crippen LogP contribution in [-0.4, -0.2) is 15.6 Å². The first kappa shape index (κ1) is 8.73. The number of nitrogens with one attached hydrogen (secondary N) is 1. The first-order chi connectivity index (χ1) is 7.25. The predicted octanol–water partition coefficient (Wildman–Crippen LogP) is 0.603. The fourth-order valence-corrected chi connectivity index (χ4v) is 2.35. The minimum Gasteiger partial charge on any atom is -0.327 e. The summed E-state index contributed by atoms with van der Waals surface area (Å²) in [5.41, 5.74) is 9.09. The summed E-state index contributed by atoms with van der Waals surface area (Å²) in [4.78, 5) is 14.5. The summed E-state index contributed by atoms with van der Waals surface area (Å²) in [5, 5.41) is 0. The van der Waals surface area contributed by atoms with Crippen LogP contribution in [0.1, 0.15) is 12.0 Å². The summed E-state index contributed by atoms with van der Waals surface area (Å²) in [7, 11) is 0. The lowest BCUT2D eigenvalue weighted by Gasteiger charge is -2.06. The highest BCUT2D eigenvalue weighted by atomic mass is 16.1. The normalized spacial score (nSPS) is 20.5. The van der Waals surface area contributed by atoms with Crippen molar-refractivity contribution in [1.29, 1.82) is 0 Å². The maximum atomic E-state index is 11.7.